The quantitative estimate of drug-likeness (QED) is 0.522. The molecule has 3 rings (SSSR count). The number of rotatable bonds is 5. The van der Waals surface area contributed by atoms with E-state index in [2.05, 4.69) is 49.6 Å². The molecule has 26 heavy (non-hydrogen) atoms. The van der Waals surface area contributed by atoms with Gasteiger partial charge in [0.25, 0.3) is 5.91 Å². The number of amides is 1. The molecule has 3 aromatic rings. The van der Waals surface area contributed by atoms with Gasteiger partial charge in [0.05, 0.1) is 11.9 Å². The first-order chi connectivity index (χ1) is 12.5. The number of nitrogens with two attached hydrogens (primary N) is 1. The maximum atomic E-state index is 12.4. The highest BCUT2D eigenvalue weighted by atomic mass is 16.6. The number of hydrogen-bond acceptors (Lipinski definition) is 8. The number of carbonyl (C=O) groups is 1. The van der Waals surface area contributed by atoms with Crippen LogP contribution in [-0.2, 0) is 0 Å². The Labute approximate surface area is 149 Å². The van der Waals surface area contributed by atoms with Gasteiger partial charge in [0.1, 0.15) is 0 Å². The zero-order valence-corrected chi connectivity index (χ0v) is 14.5. The second kappa shape index (κ2) is 7.13. The third kappa shape index (κ3) is 3.43. The van der Waals surface area contributed by atoms with Gasteiger partial charge in [0, 0.05) is 0 Å². The Kier molecular flexibility index (Phi) is 4.74. The molecule has 0 fully saturated rings. The van der Waals surface area contributed by atoms with Crippen LogP contribution in [0.1, 0.15) is 47.1 Å². The molecule has 0 spiro atoms. The minimum absolute atomic E-state index is 0.00214. The summed E-state index contributed by atoms with van der Waals surface area (Å²) in [6.07, 6.45) is 1.55. The van der Waals surface area contributed by atoms with Gasteiger partial charge in [-0.2, -0.15) is 9.78 Å². The number of nitrogen functional groups attached to an aromatic ring is 1. The Bertz CT molecular complexity index is 940. The van der Waals surface area contributed by atoms with E-state index in [1.165, 1.54) is 5.56 Å². The van der Waals surface area contributed by atoms with Crippen LogP contribution < -0.4 is 11.2 Å². The third-order valence-corrected chi connectivity index (χ3v) is 3.73. The SMILES string of the molecule is Cc1nnn(-c2nonc2N)c1C(=O)N/N=C/c1ccc(C(C)C)cc1. The summed E-state index contributed by atoms with van der Waals surface area (Å²) in [5.74, 6) is 0.0292. The molecule has 0 radical (unpaired) electrons. The van der Waals surface area contributed by atoms with Gasteiger partial charge in [-0.05, 0) is 34.3 Å². The van der Waals surface area contributed by atoms with Crippen LogP contribution in [0.25, 0.3) is 5.82 Å². The number of benzene rings is 1. The summed E-state index contributed by atoms with van der Waals surface area (Å²) < 4.78 is 5.69. The maximum Gasteiger partial charge on any atom is 0.292 e. The molecule has 1 amide bonds. The first kappa shape index (κ1) is 17.3. The van der Waals surface area contributed by atoms with Crippen molar-refractivity contribution in [3.63, 3.8) is 0 Å². The predicted octanol–water partition coefficient (Wildman–Crippen LogP) is 1.43. The zero-order chi connectivity index (χ0) is 18.7. The van der Waals surface area contributed by atoms with Gasteiger partial charge in [-0.25, -0.2) is 10.1 Å². The molecule has 1 aromatic carbocycles. The highest BCUT2D eigenvalue weighted by Crippen LogP contribution is 2.15. The van der Waals surface area contributed by atoms with Gasteiger partial charge >= 0.3 is 0 Å². The molecule has 0 saturated heterocycles. The lowest BCUT2D eigenvalue weighted by atomic mass is 10.0. The lowest BCUT2D eigenvalue weighted by molar-refractivity contribution is 0.0946. The third-order valence-electron chi connectivity index (χ3n) is 3.73. The molecule has 0 atom stereocenters. The topological polar surface area (TPSA) is 137 Å². The van der Waals surface area contributed by atoms with Crippen molar-refractivity contribution in [2.45, 2.75) is 26.7 Å². The van der Waals surface area contributed by atoms with E-state index < -0.39 is 5.91 Å². The van der Waals surface area contributed by atoms with Crippen molar-refractivity contribution in [2.75, 3.05) is 5.73 Å². The zero-order valence-electron chi connectivity index (χ0n) is 14.5. The van der Waals surface area contributed by atoms with Crippen molar-refractivity contribution in [1.29, 1.82) is 0 Å². The number of carbonyl (C=O) groups excluding carboxylic acids is 1. The van der Waals surface area contributed by atoms with Gasteiger partial charge in [-0.3, -0.25) is 4.79 Å². The Morgan fingerprint density at radius 1 is 1.31 bits per heavy atom. The van der Waals surface area contributed by atoms with E-state index >= 15 is 0 Å². The van der Waals surface area contributed by atoms with Gasteiger partial charge in [0.2, 0.25) is 11.6 Å². The number of aromatic nitrogens is 5. The van der Waals surface area contributed by atoms with Gasteiger partial charge in [-0.15, -0.1) is 5.10 Å². The molecule has 0 bridgehead atoms. The second-order valence-electron chi connectivity index (χ2n) is 5.93. The normalized spacial score (nSPS) is 11.4. The monoisotopic (exact) mass is 354 g/mol. The van der Waals surface area contributed by atoms with Crippen LogP contribution in [0.2, 0.25) is 0 Å². The highest BCUT2D eigenvalue weighted by Gasteiger charge is 2.22. The molecule has 10 nitrogen and oxygen atoms in total. The minimum atomic E-state index is -0.509. The molecule has 134 valence electrons. The average molecular weight is 354 g/mol. The number of nitrogens with one attached hydrogen (secondary N) is 1. The van der Waals surface area contributed by atoms with Crippen molar-refractivity contribution >= 4 is 17.9 Å². The molecule has 0 unspecified atom stereocenters. The van der Waals surface area contributed by atoms with E-state index in [0.717, 1.165) is 10.2 Å². The summed E-state index contributed by atoms with van der Waals surface area (Å²) in [5.41, 5.74) is 10.7. The van der Waals surface area contributed by atoms with Gasteiger partial charge in [0.15, 0.2) is 5.69 Å². The molecule has 2 aromatic heterocycles. The summed E-state index contributed by atoms with van der Waals surface area (Å²) in [7, 11) is 0. The van der Waals surface area contributed by atoms with E-state index in [0.29, 0.717) is 11.6 Å². The Morgan fingerprint density at radius 3 is 2.65 bits per heavy atom. The number of nitrogens with zero attached hydrogens (tertiary/aromatic N) is 6. The minimum Gasteiger partial charge on any atom is -0.378 e. The van der Waals surface area contributed by atoms with Crippen molar-refractivity contribution < 1.29 is 9.42 Å². The van der Waals surface area contributed by atoms with E-state index in [1.807, 2.05) is 24.3 Å². The van der Waals surface area contributed by atoms with E-state index in [4.69, 9.17) is 5.73 Å². The molecule has 10 heteroatoms. The number of aryl methyl sites for hydroxylation is 1. The smallest absolute Gasteiger partial charge is 0.292 e. The van der Waals surface area contributed by atoms with Crippen LogP contribution in [-0.4, -0.2) is 37.4 Å². The summed E-state index contributed by atoms with van der Waals surface area (Å²) >= 11 is 0. The highest BCUT2D eigenvalue weighted by molar-refractivity contribution is 5.94. The molecule has 0 saturated carbocycles. The summed E-state index contributed by atoms with van der Waals surface area (Å²) in [5, 5.41) is 18.8. The van der Waals surface area contributed by atoms with Crippen LogP contribution >= 0.6 is 0 Å². The molecule has 0 aliphatic heterocycles. The Hall–Kier alpha value is -3.56. The van der Waals surface area contributed by atoms with Crippen molar-refractivity contribution in [3.8, 4) is 5.82 Å². The second-order valence-corrected chi connectivity index (χ2v) is 5.93. The van der Waals surface area contributed by atoms with Crippen molar-refractivity contribution in [3.05, 3.63) is 46.8 Å². The molecule has 3 N–H and O–H groups in total. The summed E-state index contributed by atoms with van der Waals surface area (Å²) in [6.45, 7) is 5.89. The van der Waals surface area contributed by atoms with Crippen molar-refractivity contribution in [2.24, 2.45) is 5.10 Å². The molecule has 2 heterocycles. The van der Waals surface area contributed by atoms with E-state index in [9.17, 15) is 4.79 Å². The largest absolute Gasteiger partial charge is 0.378 e. The number of hydrazone groups is 1. The Balaban J connectivity index is 1.75. The summed E-state index contributed by atoms with van der Waals surface area (Å²) in [6, 6.07) is 7.92. The first-order valence-electron chi connectivity index (χ1n) is 7.91. The van der Waals surface area contributed by atoms with Gasteiger partial charge < -0.3 is 5.73 Å². The van der Waals surface area contributed by atoms with Crippen LogP contribution in [0.3, 0.4) is 0 Å². The lowest BCUT2D eigenvalue weighted by Crippen LogP contribution is -2.22. The maximum absolute atomic E-state index is 12.4. The average Bonchev–Trinajstić information content (AvgIpc) is 3.20. The van der Waals surface area contributed by atoms with Crippen LogP contribution in [0.5, 0.6) is 0 Å². The first-order valence-corrected chi connectivity index (χ1v) is 7.91. The number of hydrogen-bond donors (Lipinski definition) is 2. The van der Waals surface area contributed by atoms with Crippen LogP contribution in [0, 0.1) is 6.92 Å². The fourth-order valence-electron chi connectivity index (χ4n) is 2.29. The standard InChI is InChI=1S/C16H18N8O2/c1-9(2)12-6-4-11(5-7-12)8-18-20-16(25)13-10(3)19-23-24(13)15-14(17)21-26-22-15/h4-9H,1-3H3,(H2,17,21)(H,20,25)/b18-8+. The van der Waals surface area contributed by atoms with Crippen LogP contribution in [0.4, 0.5) is 5.82 Å². The van der Waals surface area contributed by atoms with E-state index in [-0.39, 0.29) is 17.3 Å². The molecular weight excluding hydrogens is 336 g/mol. The van der Waals surface area contributed by atoms with E-state index in [1.54, 1.807) is 13.1 Å². The van der Waals surface area contributed by atoms with Crippen LogP contribution in [0.15, 0.2) is 34.0 Å². The fraction of sp³-hybridized carbons (Fsp3) is 0.250. The number of anilines is 1. The lowest BCUT2D eigenvalue weighted by Gasteiger charge is -2.04. The molecular formula is C16H18N8O2. The summed E-state index contributed by atoms with van der Waals surface area (Å²) in [4.78, 5) is 12.4. The molecule has 0 aliphatic rings. The predicted molar refractivity (Wildman–Crippen MR) is 94.0 cm³/mol. The fourth-order valence-corrected chi connectivity index (χ4v) is 2.29. The van der Waals surface area contributed by atoms with Crippen molar-refractivity contribution in [1.82, 2.24) is 30.7 Å². The molecule has 0 aliphatic carbocycles. The van der Waals surface area contributed by atoms with Gasteiger partial charge in [-0.1, -0.05) is 43.3 Å². The Morgan fingerprint density at radius 2 is 2.04 bits per heavy atom.